The van der Waals surface area contributed by atoms with Crippen LogP contribution in [0.4, 0.5) is 0 Å². The summed E-state index contributed by atoms with van der Waals surface area (Å²) in [7, 11) is 1.66. The van der Waals surface area contributed by atoms with Crippen molar-refractivity contribution in [3.05, 3.63) is 71.9 Å². The molecule has 0 spiro atoms. The predicted octanol–water partition coefficient (Wildman–Crippen LogP) is 3.13. The van der Waals surface area contributed by atoms with Crippen molar-refractivity contribution in [2.75, 3.05) is 7.11 Å². The molecule has 0 aliphatic carbocycles. The molecule has 3 rings (SSSR count). The summed E-state index contributed by atoms with van der Waals surface area (Å²) in [5.74, 6) is 5.08. The fraction of sp³-hybridized carbons (Fsp3) is 0.105. The van der Waals surface area contributed by atoms with Crippen LogP contribution in [0.15, 0.2) is 60.8 Å². The number of nitrogens with two attached hydrogens (primary N) is 1. The highest BCUT2D eigenvalue weighted by molar-refractivity contribution is 5.89. The van der Waals surface area contributed by atoms with Crippen molar-refractivity contribution in [2.24, 2.45) is 5.90 Å². The molecular weight excluding hydrogens is 304 g/mol. The Kier molecular flexibility index (Phi) is 4.63. The molecule has 1 aromatic heterocycles. The molecule has 0 aliphatic heterocycles. The minimum Gasteiger partial charge on any atom is -0.497 e. The van der Waals surface area contributed by atoms with Crippen LogP contribution in [0.1, 0.15) is 11.1 Å². The predicted molar refractivity (Wildman–Crippen MR) is 93.3 cm³/mol. The van der Waals surface area contributed by atoms with Gasteiger partial charge in [0.2, 0.25) is 0 Å². The number of carbonyl (C=O) groups is 1. The second-order valence-electron chi connectivity index (χ2n) is 5.38. The number of carbonyl (C=O) groups excluding carboxylic acids is 1. The van der Waals surface area contributed by atoms with Crippen LogP contribution >= 0.6 is 0 Å². The number of fused-ring (bicyclic) bond motifs is 1. The van der Waals surface area contributed by atoms with Crippen LogP contribution in [-0.4, -0.2) is 17.6 Å². The van der Waals surface area contributed by atoms with Crippen LogP contribution in [0.3, 0.4) is 0 Å². The Bertz CT molecular complexity index is 879. The maximum atomic E-state index is 11.1. The van der Waals surface area contributed by atoms with Crippen molar-refractivity contribution in [3.8, 4) is 5.75 Å². The van der Waals surface area contributed by atoms with Gasteiger partial charge in [-0.2, -0.15) is 5.90 Å². The molecule has 0 amide bonds. The van der Waals surface area contributed by atoms with E-state index in [2.05, 4.69) is 33.8 Å². The zero-order valence-corrected chi connectivity index (χ0v) is 13.3. The van der Waals surface area contributed by atoms with Gasteiger partial charge in [-0.3, -0.25) is 0 Å². The maximum absolute atomic E-state index is 11.1. The van der Waals surface area contributed by atoms with Gasteiger partial charge in [-0.05, 0) is 47.5 Å². The summed E-state index contributed by atoms with van der Waals surface area (Å²) in [4.78, 5) is 15.2. The number of hydrogen-bond acceptors (Lipinski definition) is 4. The zero-order valence-electron chi connectivity index (χ0n) is 13.3. The molecule has 0 atom stereocenters. The molecule has 5 nitrogen and oxygen atoms in total. The van der Waals surface area contributed by atoms with E-state index in [1.54, 1.807) is 13.2 Å². The molecule has 0 saturated heterocycles. The third-order valence-electron chi connectivity index (χ3n) is 3.84. The van der Waals surface area contributed by atoms with Gasteiger partial charge in [0.15, 0.2) is 0 Å². The Morgan fingerprint density at radius 3 is 2.67 bits per heavy atom. The Labute approximate surface area is 139 Å². The fourth-order valence-electron chi connectivity index (χ4n) is 2.59. The van der Waals surface area contributed by atoms with E-state index in [1.807, 2.05) is 30.3 Å². The van der Waals surface area contributed by atoms with Crippen molar-refractivity contribution in [1.29, 1.82) is 0 Å². The first-order valence-corrected chi connectivity index (χ1v) is 7.50. The van der Waals surface area contributed by atoms with Crippen molar-refractivity contribution < 1.29 is 14.4 Å². The third-order valence-corrected chi connectivity index (χ3v) is 3.84. The molecule has 2 aromatic carbocycles. The Hall–Kier alpha value is -3.05. The SMILES string of the molecule is COc1ccc(Cn2ccc3cc(/C=C/C(=O)ON)ccc32)cc1. The summed E-state index contributed by atoms with van der Waals surface area (Å²) >= 11 is 0. The van der Waals surface area contributed by atoms with Gasteiger partial charge in [-0.15, -0.1) is 0 Å². The minimum atomic E-state index is -0.577. The Morgan fingerprint density at radius 2 is 1.96 bits per heavy atom. The second kappa shape index (κ2) is 7.02. The van der Waals surface area contributed by atoms with Crippen molar-refractivity contribution in [3.63, 3.8) is 0 Å². The molecule has 3 aromatic rings. The van der Waals surface area contributed by atoms with Gasteiger partial charge in [-0.25, -0.2) is 4.79 Å². The number of aromatic nitrogens is 1. The van der Waals surface area contributed by atoms with E-state index < -0.39 is 5.97 Å². The largest absolute Gasteiger partial charge is 0.497 e. The minimum absolute atomic E-state index is 0.577. The summed E-state index contributed by atoms with van der Waals surface area (Å²) in [6, 6.07) is 16.1. The van der Waals surface area contributed by atoms with E-state index in [0.717, 1.165) is 28.8 Å². The van der Waals surface area contributed by atoms with Crippen molar-refractivity contribution >= 4 is 22.9 Å². The Balaban J connectivity index is 1.82. The summed E-state index contributed by atoms with van der Waals surface area (Å²) in [6.07, 6.45) is 5.03. The smallest absolute Gasteiger partial charge is 0.349 e. The normalized spacial score (nSPS) is 11.1. The lowest BCUT2D eigenvalue weighted by atomic mass is 10.1. The lowest BCUT2D eigenvalue weighted by Gasteiger charge is -2.07. The van der Waals surface area contributed by atoms with E-state index in [1.165, 1.54) is 11.6 Å². The molecule has 0 radical (unpaired) electrons. The summed E-state index contributed by atoms with van der Waals surface area (Å²) in [5.41, 5.74) is 3.24. The standard InChI is InChI=1S/C19H18N2O3/c1-23-17-6-2-15(3-7-17)13-21-11-10-16-12-14(4-8-18(16)21)5-9-19(22)24-20/h2-12H,13,20H2,1H3/b9-5+. The molecule has 0 bridgehead atoms. The first-order chi connectivity index (χ1) is 11.7. The average molecular weight is 322 g/mol. The van der Waals surface area contributed by atoms with Gasteiger partial charge in [-0.1, -0.05) is 18.2 Å². The van der Waals surface area contributed by atoms with E-state index in [4.69, 9.17) is 10.6 Å². The maximum Gasteiger partial charge on any atom is 0.349 e. The summed E-state index contributed by atoms with van der Waals surface area (Å²) in [5, 5.41) is 1.10. The molecule has 122 valence electrons. The molecule has 0 fully saturated rings. The van der Waals surface area contributed by atoms with Crippen LogP contribution in [0.5, 0.6) is 5.75 Å². The van der Waals surface area contributed by atoms with Crippen LogP contribution in [0.2, 0.25) is 0 Å². The van der Waals surface area contributed by atoms with Gasteiger partial charge < -0.3 is 14.1 Å². The van der Waals surface area contributed by atoms with E-state index in [0.29, 0.717) is 0 Å². The first-order valence-electron chi connectivity index (χ1n) is 7.50. The highest BCUT2D eigenvalue weighted by Crippen LogP contribution is 2.20. The molecule has 1 heterocycles. The van der Waals surface area contributed by atoms with E-state index >= 15 is 0 Å². The van der Waals surface area contributed by atoms with Crippen molar-refractivity contribution in [2.45, 2.75) is 6.54 Å². The molecule has 5 heteroatoms. The highest BCUT2D eigenvalue weighted by Gasteiger charge is 2.03. The number of ether oxygens (including phenoxy) is 1. The van der Waals surface area contributed by atoms with Gasteiger partial charge in [0.1, 0.15) is 5.75 Å². The van der Waals surface area contributed by atoms with Gasteiger partial charge in [0.25, 0.3) is 0 Å². The first kappa shape index (κ1) is 15.8. The van der Waals surface area contributed by atoms with E-state index in [9.17, 15) is 4.79 Å². The molecular formula is C19H18N2O3. The lowest BCUT2D eigenvalue weighted by Crippen LogP contribution is -2.05. The molecule has 0 aliphatic rings. The summed E-state index contributed by atoms with van der Waals surface area (Å²) in [6.45, 7) is 0.780. The lowest BCUT2D eigenvalue weighted by molar-refractivity contribution is -0.138. The molecule has 24 heavy (non-hydrogen) atoms. The van der Waals surface area contributed by atoms with Gasteiger partial charge >= 0.3 is 5.97 Å². The second-order valence-corrected chi connectivity index (χ2v) is 5.38. The quantitative estimate of drug-likeness (QED) is 0.579. The molecule has 0 saturated carbocycles. The average Bonchev–Trinajstić information content (AvgIpc) is 3.02. The monoisotopic (exact) mass is 322 g/mol. The molecule has 0 unspecified atom stereocenters. The number of nitrogens with zero attached hydrogens (tertiary/aromatic N) is 1. The van der Waals surface area contributed by atoms with Crippen molar-refractivity contribution in [1.82, 2.24) is 4.57 Å². The number of methoxy groups -OCH3 is 1. The number of benzene rings is 2. The van der Waals surface area contributed by atoms with Gasteiger partial charge in [0.05, 0.1) is 7.11 Å². The van der Waals surface area contributed by atoms with E-state index in [-0.39, 0.29) is 0 Å². The van der Waals surface area contributed by atoms with Crippen LogP contribution in [0.25, 0.3) is 17.0 Å². The van der Waals surface area contributed by atoms with Crippen LogP contribution in [0, 0.1) is 0 Å². The van der Waals surface area contributed by atoms with Crippen LogP contribution in [-0.2, 0) is 16.2 Å². The number of hydrogen-bond donors (Lipinski definition) is 1. The zero-order chi connectivity index (χ0) is 16.9. The topological polar surface area (TPSA) is 66.5 Å². The molecule has 2 N–H and O–H groups in total. The van der Waals surface area contributed by atoms with Crippen LogP contribution < -0.4 is 10.6 Å². The fourth-order valence-corrected chi connectivity index (χ4v) is 2.59. The summed E-state index contributed by atoms with van der Waals surface area (Å²) < 4.78 is 7.36. The Morgan fingerprint density at radius 1 is 1.17 bits per heavy atom. The van der Waals surface area contributed by atoms with Gasteiger partial charge in [0, 0.05) is 29.7 Å². The highest BCUT2D eigenvalue weighted by atomic mass is 16.7. The third kappa shape index (κ3) is 3.47. The number of rotatable bonds is 5.